The molecule has 188 valence electrons. The molecule has 1 N–H and O–H groups in total. The van der Waals surface area contributed by atoms with E-state index in [1.54, 1.807) is 37.1 Å². The van der Waals surface area contributed by atoms with Gasteiger partial charge < -0.3 is 24.2 Å². The lowest BCUT2D eigenvalue weighted by Crippen LogP contribution is -2.39. The minimum atomic E-state index is -0.813. The lowest BCUT2D eigenvalue weighted by atomic mass is 9.94. The maximum Gasteiger partial charge on any atom is 0.290 e. The van der Waals surface area contributed by atoms with Crippen LogP contribution in [0.2, 0.25) is 0 Å². The van der Waals surface area contributed by atoms with E-state index in [-0.39, 0.29) is 5.57 Å². The molecule has 0 bridgehead atoms. The highest BCUT2D eigenvalue weighted by atomic mass is 32.1. The zero-order valence-electron chi connectivity index (χ0n) is 20.5. The highest BCUT2D eigenvalue weighted by Gasteiger charge is 2.45. The number of benzene rings is 1. The highest BCUT2D eigenvalue weighted by Crippen LogP contribution is 2.44. The van der Waals surface area contributed by atoms with Crippen LogP contribution in [0.3, 0.4) is 0 Å². The summed E-state index contributed by atoms with van der Waals surface area (Å²) in [5.41, 5.74) is 1.20. The lowest BCUT2D eigenvalue weighted by Gasteiger charge is -2.30. The third kappa shape index (κ3) is 5.05. The number of thiazole rings is 1. The van der Waals surface area contributed by atoms with Crippen molar-refractivity contribution in [3.8, 4) is 11.5 Å². The van der Waals surface area contributed by atoms with Crippen LogP contribution in [0.1, 0.15) is 38.4 Å². The molecule has 1 atom stereocenters. The molecule has 1 amide bonds. The molecule has 35 heavy (non-hydrogen) atoms. The first-order valence-corrected chi connectivity index (χ1v) is 12.4. The highest BCUT2D eigenvalue weighted by molar-refractivity contribution is 7.14. The Labute approximate surface area is 208 Å². The van der Waals surface area contributed by atoms with E-state index in [0.29, 0.717) is 53.8 Å². The second-order valence-electron chi connectivity index (χ2n) is 8.56. The summed E-state index contributed by atoms with van der Waals surface area (Å²) in [6, 6.07) is 4.43. The number of Topliss-reactive ketones (excluding diaryl/α,β-unsaturated/α-hetero) is 1. The number of methoxy groups -OCH3 is 2. The molecule has 2 aliphatic heterocycles. The van der Waals surface area contributed by atoms with Gasteiger partial charge in [0.15, 0.2) is 5.76 Å². The fourth-order valence-corrected chi connectivity index (χ4v) is 5.52. The number of hydrogen-bond donors (Lipinski definition) is 1. The number of amides is 1. The Balaban J connectivity index is 1.72. The van der Waals surface area contributed by atoms with Gasteiger partial charge in [-0.25, -0.2) is 4.98 Å². The van der Waals surface area contributed by atoms with E-state index < -0.39 is 23.5 Å². The quantitative estimate of drug-likeness (QED) is 0.523. The summed E-state index contributed by atoms with van der Waals surface area (Å²) < 4.78 is 16.4. The smallest absolute Gasteiger partial charge is 0.290 e. The summed E-state index contributed by atoms with van der Waals surface area (Å²) in [4.78, 5) is 35.7. The average molecular weight is 502 g/mol. The van der Waals surface area contributed by atoms with Gasteiger partial charge in [0, 0.05) is 31.7 Å². The third-order valence-electron chi connectivity index (χ3n) is 6.37. The van der Waals surface area contributed by atoms with Crippen LogP contribution in [-0.4, -0.2) is 85.2 Å². The van der Waals surface area contributed by atoms with Gasteiger partial charge in [-0.15, -0.1) is 11.3 Å². The zero-order valence-corrected chi connectivity index (χ0v) is 21.3. The number of ether oxygens (including phenoxy) is 3. The first-order chi connectivity index (χ1) is 16.8. The third-order valence-corrected chi connectivity index (χ3v) is 7.44. The molecule has 0 radical (unpaired) electrons. The molecule has 1 aromatic carbocycles. The second-order valence-corrected chi connectivity index (χ2v) is 9.76. The Morgan fingerprint density at radius 1 is 1.20 bits per heavy atom. The van der Waals surface area contributed by atoms with Gasteiger partial charge in [0.05, 0.1) is 54.6 Å². The molecule has 3 heterocycles. The first-order valence-electron chi connectivity index (χ1n) is 11.6. The number of rotatable bonds is 9. The number of aliphatic hydroxyl groups excluding tert-OH is 1. The number of carbonyl (C=O) groups excluding carboxylic acids is 2. The van der Waals surface area contributed by atoms with Crippen molar-refractivity contribution >= 4 is 23.0 Å². The van der Waals surface area contributed by atoms with Gasteiger partial charge in [-0.05, 0) is 38.5 Å². The monoisotopic (exact) mass is 501 g/mol. The van der Waals surface area contributed by atoms with E-state index in [2.05, 4.69) is 9.88 Å². The number of morpholine rings is 1. The van der Waals surface area contributed by atoms with Gasteiger partial charge in [0.2, 0.25) is 5.78 Å². The molecule has 0 spiro atoms. The van der Waals surface area contributed by atoms with Crippen LogP contribution in [0.5, 0.6) is 11.5 Å². The first kappa shape index (κ1) is 25.2. The van der Waals surface area contributed by atoms with Crippen LogP contribution >= 0.6 is 11.3 Å². The summed E-state index contributed by atoms with van der Waals surface area (Å²) in [7, 11) is 3.08. The number of carbonyl (C=O) groups is 2. The number of nitrogens with zero attached hydrogens (tertiary/aromatic N) is 3. The van der Waals surface area contributed by atoms with E-state index in [4.69, 9.17) is 14.2 Å². The van der Waals surface area contributed by atoms with Crippen LogP contribution in [-0.2, 0) is 9.53 Å². The number of aromatic nitrogens is 1. The Kier molecular flexibility index (Phi) is 7.73. The van der Waals surface area contributed by atoms with E-state index in [0.717, 1.165) is 24.6 Å². The van der Waals surface area contributed by atoms with E-state index in [9.17, 15) is 14.7 Å². The van der Waals surface area contributed by atoms with Crippen molar-refractivity contribution in [1.82, 2.24) is 14.8 Å². The largest absolute Gasteiger partial charge is 0.503 e. The molecule has 10 heteroatoms. The standard InChI is InChI=1S/C25H31N3O6S/c1-15-24(35-16(2)26-15)22(29)20-21(18-14-17(32-3)6-7-19(18)33-4)28(25(31)23(20)30)9-5-8-27-10-12-34-13-11-27/h6-7,14,21,30H,5,8-13H2,1-4H3/t21-/m1/s1. The van der Waals surface area contributed by atoms with Crippen molar-refractivity contribution in [3.63, 3.8) is 0 Å². The van der Waals surface area contributed by atoms with E-state index >= 15 is 0 Å². The summed E-state index contributed by atoms with van der Waals surface area (Å²) in [6.45, 7) is 7.81. The molecular weight excluding hydrogens is 470 g/mol. The van der Waals surface area contributed by atoms with Gasteiger partial charge in [-0.3, -0.25) is 14.5 Å². The van der Waals surface area contributed by atoms with Crippen LogP contribution in [0.4, 0.5) is 0 Å². The van der Waals surface area contributed by atoms with Crippen molar-refractivity contribution < 1.29 is 28.9 Å². The molecule has 2 aliphatic rings. The molecule has 1 fully saturated rings. The summed E-state index contributed by atoms with van der Waals surface area (Å²) in [5.74, 6) is -0.432. The number of ketones is 1. The van der Waals surface area contributed by atoms with Gasteiger partial charge >= 0.3 is 0 Å². The minimum absolute atomic E-state index is 0.0414. The molecular formula is C25H31N3O6S. The van der Waals surface area contributed by atoms with Crippen molar-refractivity contribution in [2.75, 3.05) is 53.6 Å². The van der Waals surface area contributed by atoms with Gasteiger partial charge in [-0.2, -0.15) is 0 Å². The Bertz CT molecular complexity index is 1140. The topological polar surface area (TPSA) is 101 Å². The van der Waals surface area contributed by atoms with Crippen LogP contribution in [0.15, 0.2) is 29.5 Å². The van der Waals surface area contributed by atoms with Crippen LogP contribution < -0.4 is 9.47 Å². The summed E-state index contributed by atoms with van der Waals surface area (Å²) in [5, 5.41) is 11.7. The molecule has 0 saturated carbocycles. The Hall–Kier alpha value is -2.95. The van der Waals surface area contributed by atoms with Crippen molar-refractivity contribution in [2.24, 2.45) is 0 Å². The predicted molar refractivity (Wildman–Crippen MR) is 131 cm³/mol. The number of hydrogen-bond acceptors (Lipinski definition) is 9. The SMILES string of the molecule is COc1ccc(OC)c([C@@H]2C(C(=O)c3sc(C)nc3C)=C(O)C(=O)N2CCCN2CCOCC2)c1. The average Bonchev–Trinajstić information content (AvgIpc) is 3.34. The van der Waals surface area contributed by atoms with E-state index in [1.807, 2.05) is 6.92 Å². The Morgan fingerprint density at radius 3 is 2.57 bits per heavy atom. The maximum absolute atomic E-state index is 13.7. The Morgan fingerprint density at radius 2 is 1.94 bits per heavy atom. The van der Waals surface area contributed by atoms with Gasteiger partial charge in [0.25, 0.3) is 5.91 Å². The molecule has 0 aliphatic carbocycles. The van der Waals surface area contributed by atoms with Crippen molar-refractivity contribution in [3.05, 3.63) is 50.7 Å². The maximum atomic E-state index is 13.7. The van der Waals surface area contributed by atoms with Crippen LogP contribution in [0, 0.1) is 13.8 Å². The van der Waals surface area contributed by atoms with Crippen LogP contribution in [0.25, 0.3) is 0 Å². The summed E-state index contributed by atoms with van der Waals surface area (Å²) >= 11 is 1.26. The predicted octanol–water partition coefficient (Wildman–Crippen LogP) is 3.08. The fraction of sp³-hybridized carbons (Fsp3) is 0.480. The van der Waals surface area contributed by atoms with Gasteiger partial charge in [0.1, 0.15) is 11.5 Å². The normalized spacial score (nSPS) is 18.9. The minimum Gasteiger partial charge on any atom is -0.503 e. The number of aliphatic hydroxyl groups is 1. The molecule has 1 aromatic heterocycles. The number of aryl methyl sites for hydroxylation is 2. The molecule has 9 nitrogen and oxygen atoms in total. The van der Waals surface area contributed by atoms with Crippen molar-refractivity contribution in [2.45, 2.75) is 26.3 Å². The second kappa shape index (κ2) is 10.8. The summed E-state index contributed by atoms with van der Waals surface area (Å²) in [6.07, 6.45) is 0.683. The van der Waals surface area contributed by atoms with Crippen molar-refractivity contribution in [1.29, 1.82) is 0 Å². The molecule has 1 saturated heterocycles. The van der Waals surface area contributed by atoms with E-state index in [1.165, 1.54) is 18.4 Å². The zero-order chi connectivity index (χ0) is 25.1. The van der Waals surface area contributed by atoms with Gasteiger partial charge in [-0.1, -0.05) is 0 Å². The fourth-order valence-electron chi connectivity index (χ4n) is 4.65. The lowest BCUT2D eigenvalue weighted by molar-refractivity contribution is -0.129. The molecule has 2 aromatic rings. The molecule has 0 unspecified atom stereocenters. The molecule has 4 rings (SSSR count).